The zero-order chi connectivity index (χ0) is 18.8. The summed E-state index contributed by atoms with van der Waals surface area (Å²) in [5.41, 5.74) is 5.03. The lowest BCUT2D eigenvalue weighted by atomic mass is 10.2. The van der Waals surface area contributed by atoms with Gasteiger partial charge in [0, 0.05) is 43.3 Å². The number of hydrogen-bond acceptors (Lipinski definition) is 7. The van der Waals surface area contributed by atoms with Gasteiger partial charge < -0.3 is 10.2 Å². The van der Waals surface area contributed by atoms with Crippen LogP contribution in [0.4, 0.5) is 23.1 Å². The maximum Gasteiger partial charge on any atom is 0.229 e. The molecule has 0 spiro atoms. The fourth-order valence-corrected chi connectivity index (χ4v) is 3.29. The molecule has 0 fully saturated rings. The Balaban J connectivity index is 1.55. The summed E-state index contributed by atoms with van der Waals surface area (Å²) in [6, 6.07) is 7.88. The number of hydrogen-bond donors (Lipinski definition) is 2. The minimum absolute atomic E-state index is 0.583. The quantitative estimate of drug-likeness (QED) is 0.533. The predicted octanol–water partition coefficient (Wildman–Crippen LogP) is 2.72. The van der Waals surface area contributed by atoms with E-state index in [1.165, 1.54) is 11.1 Å². The molecule has 2 aromatic heterocycles. The Bertz CT molecular complexity index is 1000. The van der Waals surface area contributed by atoms with Gasteiger partial charge in [0.25, 0.3) is 0 Å². The Morgan fingerprint density at radius 2 is 2.00 bits per heavy atom. The topological polar surface area (TPSA) is 94.7 Å². The van der Waals surface area contributed by atoms with E-state index in [9.17, 15) is 0 Å². The number of rotatable bonds is 5. The minimum Gasteiger partial charge on any atom is -0.352 e. The third-order valence-electron chi connectivity index (χ3n) is 4.61. The lowest BCUT2D eigenvalue weighted by molar-refractivity contribution is 0.768. The van der Waals surface area contributed by atoms with Gasteiger partial charge in [-0.15, -0.1) is 0 Å². The summed E-state index contributed by atoms with van der Waals surface area (Å²) in [6.45, 7) is 3.71. The molecule has 3 aromatic rings. The van der Waals surface area contributed by atoms with Crippen LogP contribution in [-0.4, -0.2) is 26.3 Å². The first-order valence-corrected chi connectivity index (χ1v) is 8.74. The standard InChI is InChI=1S/C19H20N8/c1-13-17-7-8-27(10-14-3-5-15(6-4-14)21-12-20)18(17)25-19(23-13)24-16-9-22-26(2)11-16/h3-6,9,11,21H,7-8,10H2,1-2H3,(H,23,24,25). The van der Waals surface area contributed by atoms with Crippen LogP contribution in [0.2, 0.25) is 0 Å². The summed E-state index contributed by atoms with van der Waals surface area (Å²) < 4.78 is 1.74. The first kappa shape index (κ1) is 16.8. The van der Waals surface area contributed by atoms with E-state index in [2.05, 4.69) is 25.6 Å². The van der Waals surface area contributed by atoms with E-state index >= 15 is 0 Å². The number of benzene rings is 1. The maximum atomic E-state index is 8.69. The summed E-state index contributed by atoms with van der Waals surface area (Å²) in [7, 11) is 1.87. The second-order valence-corrected chi connectivity index (χ2v) is 6.57. The smallest absolute Gasteiger partial charge is 0.229 e. The molecule has 4 rings (SSSR count). The van der Waals surface area contributed by atoms with Crippen molar-refractivity contribution in [1.29, 1.82) is 5.26 Å². The molecule has 3 heterocycles. The van der Waals surface area contributed by atoms with E-state index in [1.54, 1.807) is 10.9 Å². The Kier molecular flexibility index (Phi) is 4.34. The van der Waals surface area contributed by atoms with Crippen LogP contribution >= 0.6 is 0 Å². The van der Waals surface area contributed by atoms with Crippen LogP contribution in [0.15, 0.2) is 36.7 Å². The predicted molar refractivity (Wildman–Crippen MR) is 104 cm³/mol. The summed E-state index contributed by atoms with van der Waals surface area (Å²) in [4.78, 5) is 11.6. The van der Waals surface area contributed by atoms with Gasteiger partial charge >= 0.3 is 0 Å². The highest BCUT2D eigenvalue weighted by atomic mass is 15.3. The molecule has 2 N–H and O–H groups in total. The Morgan fingerprint density at radius 1 is 1.19 bits per heavy atom. The van der Waals surface area contributed by atoms with Crippen LogP contribution in [0.1, 0.15) is 16.8 Å². The van der Waals surface area contributed by atoms with Crippen LogP contribution in [0.3, 0.4) is 0 Å². The highest BCUT2D eigenvalue weighted by Gasteiger charge is 2.24. The highest BCUT2D eigenvalue weighted by molar-refractivity contribution is 5.60. The van der Waals surface area contributed by atoms with Crippen molar-refractivity contribution in [2.75, 3.05) is 22.1 Å². The monoisotopic (exact) mass is 360 g/mol. The third kappa shape index (κ3) is 3.53. The second-order valence-electron chi connectivity index (χ2n) is 6.57. The lowest BCUT2D eigenvalue weighted by Gasteiger charge is -2.19. The van der Waals surface area contributed by atoms with Gasteiger partial charge in [0.2, 0.25) is 5.95 Å². The summed E-state index contributed by atoms with van der Waals surface area (Å²) in [6.07, 6.45) is 6.52. The van der Waals surface area contributed by atoms with E-state index < -0.39 is 0 Å². The molecule has 1 aliphatic rings. The molecule has 0 amide bonds. The Morgan fingerprint density at radius 3 is 2.70 bits per heavy atom. The molecule has 1 aromatic carbocycles. The van der Waals surface area contributed by atoms with Gasteiger partial charge in [0.05, 0.1) is 11.9 Å². The molecular weight excluding hydrogens is 340 g/mol. The van der Waals surface area contributed by atoms with Gasteiger partial charge in [0.1, 0.15) is 5.82 Å². The Labute approximate surface area is 157 Å². The molecule has 0 aliphatic carbocycles. The van der Waals surface area contributed by atoms with E-state index in [1.807, 2.05) is 50.6 Å². The maximum absolute atomic E-state index is 8.69. The van der Waals surface area contributed by atoms with Gasteiger partial charge in [-0.2, -0.15) is 15.3 Å². The zero-order valence-corrected chi connectivity index (χ0v) is 15.3. The van der Waals surface area contributed by atoms with Gasteiger partial charge in [0.15, 0.2) is 6.19 Å². The molecule has 1 aliphatic heterocycles. The van der Waals surface area contributed by atoms with E-state index in [-0.39, 0.29) is 0 Å². The summed E-state index contributed by atoms with van der Waals surface area (Å²) >= 11 is 0. The summed E-state index contributed by atoms with van der Waals surface area (Å²) in [5.74, 6) is 1.56. The van der Waals surface area contributed by atoms with Crippen LogP contribution < -0.4 is 15.5 Å². The Hall–Kier alpha value is -3.60. The van der Waals surface area contributed by atoms with Gasteiger partial charge in [-0.25, -0.2) is 4.98 Å². The average molecular weight is 360 g/mol. The number of aryl methyl sites for hydroxylation is 2. The molecule has 27 heavy (non-hydrogen) atoms. The molecule has 8 heteroatoms. The van der Waals surface area contributed by atoms with E-state index in [0.717, 1.165) is 42.4 Å². The summed E-state index contributed by atoms with van der Waals surface area (Å²) in [5, 5.41) is 18.7. The van der Waals surface area contributed by atoms with Gasteiger partial charge in [-0.3, -0.25) is 10.00 Å². The molecule has 0 saturated heterocycles. The number of nitrogens with zero attached hydrogens (tertiary/aromatic N) is 6. The van der Waals surface area contributed by atoms with Crippen molar-refractivity contribution in [2.24, 2.45) is 7.05 Å². The molecule has 0 unspecified atom stereocenters. The minimum atomic E-state index is 0.583. The number of aromatic nitrogens is 4. The molecule has 8 nitrogen and oxygen atoms in total. The van der Waals surface area contributed by atoms with Crippen molar-refractivity contribution in [1.82, 2.24) is 19.7 Å². The number of nitrogens with one attached hydrogen (secondary N) is 2. The van der Waals surface area contributed by atoms with Crippen LogP contribution in [0.25, 0.3) is 0 Å². The first-order chi connectivity index (χ1) is 13.1. The normalized spacial score (nSPS) is 12.6. The molecule has 0 radical (unpaired) electrons. The number of anilines is 4. The van der Waals surface area contributed by atoms with Crippen LogP contribution in [0.5, 0.6) is 0 Å². The van der Waals surface area contributed by atoms with E-state index in [4.69, 9.17) is 10.2 Å². The third-order valence-corrected chi connectivity index (χ3v) is 4.61. The van der Waals surface area contributed by atoms with Crippen molar-refractivity contribution in [3.63, 3.8) is 0 Å². The molecule has 0 saturated carbocycles. The van der Waals surface area contributed by atoms with Gasteiger partial charge in [-0.05, 0) is 31.0 Å². The average Bonchev–Trinajstić information content (AvgIpc) is 3.24. The fourth-order valence-electron chi connectivity index (χ4n) is 3.29. The van der Waals surface area contributed by atoms with Crippen molar-refractivity contribution in [2.45, 2.75) is 19.9 Å². The SMILES string of the molecule is Cc1nc(Nc2cnn(C)c2)nc2c1CCN2Cc1ccc(NC#N)cc1. The first-order valence-electron chi connectivity index (χ1n) is 8.74. The number of fused-ring (bicyclic) bond motifs is 1. The largest absolute Gasteiger partial charge is 0.352 e. The van der Waals surface area contributed by atoms with Crippen molar-refractivity contribution in [3.8, 4) is 6.19 Å². The molecule has 136 valence electrons. The molecular formula is C19H20N8. The van der Waals surface area contributed by atoms with Crippen LogP contribution in [0, 0.1) is 18.4 Å². The molecule has 0 atom stereocenters. The number of nitriles is 1. The molecule has 0 bridgehead atoms. The second kappa shape index (κ2) is 6.96. The van der Waals surface area contributed by atoms with Gasteiger partial charge in [-0.1, -0.05) is 12.1 Å². The van der Waals surface area contributed by atoms with Crippen molar-refractivity contribution < 1.29 is 0 Å². The zero-order valence-electron chi connectivity index (χ0n) is 15.3. The highest BCUT2D eigenvalue weighted by Crippen LogP contribution is 2.31. The fraction of sp³-hybridized carbons (Fsp3) is 0.263. The lowest BCUT2D eigenvalue weighted by Crippen LogP contribution is -2.21. The van der Waals surface area contributed by atoms with Crippen molar-refractivity contribution in [3.05, 3.63) is 53.5 Å². The van der Waals surface area contributed by atoms with Crippen molar-refractivity contribution >= 4 is 23.1 Å². The van der Waals surface area contributed by atoms with Crippen LogP contribution in [-0.2, 0) is 20.0 Å². The van der Waals surface area contributed by atoms with E-state index in [0.29, 0.717) is 5.95 Å².